The Morgan fingerprint density at radius 1 is 1.07 bits per heavy atom. The van der Waals surface area contributed by atoms with Gasteiger partial charge in [0.2, 0.25) is 5.13 Å². The number of benzene rings is 2. The molecule has 30 heavy (non-hydrogen) atoms. The number of hydrogen-bond donors (Lipinski definition) is 0. The fourth-order valence-electron chi connectivity index (χ4n) is 2.88. The van der Waals surface area contributed by atoms with E-state index >= 15 is 0 Å². The van der Waals surface area contributed by atoms with Crippen molar-refractivity contribution in [3.05, 3.63) is 64.4 Å². The molecule has 0 unspecified atom stereocenters. The molecule has 1 amide bonds. The van der Waals surface area contributed by atoms with Crippen molar-refractivity contribution in [3.8, 4) is 22.8 Å². The van der Waals surface area contributed by atoms with E-state index in [1.807, 2.05) is 60.0 Å². The standard InChI is InChI=1S/C22H19N3O3S2/c1-25-20(26)19(12-14-9-10-17(27-2)18(11-14)28-3)30-22(25)24-21-23-16(13-29-21)15-7-5-4-6-8-15/h4-13H,1-3H3/b19-12-,24-22+. The molecule has 0 aliphatic carbocycles. The summed E-state index contributed by atoms with van der Waals surface area (Å²) in [5.41, 5.74) is 2.76. The van der Waals surface area contributed by atoms with E-state index in [4.69, 9.17) is 9.47 Å². The third-order valence-electron chi connectivity index (χ3n) is 4.46. The van der Waals surface area contributed by atoms with Crippen LogP contribution in [0.4, 0.5) is 5.13 Å². The van der Waals surface area contributed by atoms with Gasteiger partial charge in [-0.2, -0.15) is 4.99 Å². The van der Waals surface area contributed by atoms with Crippen molar-refractivity contribution >= 4 is 45.4 Å². The monoisotopic (exact) mass is 437 g/mol. The lowest BCUT2D eigenvalue weighted by molar-refractivity contribution is -0.121. The van der Waals surface area contributed by atoms with E-state index in [1.165, 1.54) is 23.1 Å². The van der Waals surface area contributed by atoms with E-state index in [9.17, 15) is 4.79 Å². The van der Waals surface area contributed by atoms with E-state index < -0.39 is 0 Å². The highest BCUT2D eigenvalue weighted by Crippen LogP contribution is 2.36. The molecule has 2 aromatic carbocycles. The van der Waals surface area contributed by atoms with E-state index in [0.29, 0.717) is 26.7 Å². The van der Waals surface area contributed by atoms with Crippen LogP contribution in [0.5, 0.6) is 11.5 Å². The second-order valence-electron chi connectivity index (χ2n) is 6.36. The Labute approximate surface area is 182 Å². The molecule has 1 aliphatic rings. The molecular formula is C22H19N3O3S2. The molecule has 0 bridgehead atoms. The smallest absolute Gasteiger partial charge is 0.266 e. The number of carbonyl (C=O) groups excluding carboxylic acids is 1. The van der Waals surface area contributed by atoms with Gasteiger partial charge in [-0.25, -0.2) is 4.98 Å². The molecule has 1 aromatic heterocycles. The van der Waals surface area contributed by atoms with Crippen molar-refractivity contribution in [2.45, 2.75) is 0 Å². The number of thioether (sulfide) groups is 1. The van der Waals surface area contributed by atoms with Gasteiger partial charge < -0.3 is 9.47 Å². The average Bonchev–Trinajstić information content (AvgIpc) is 3.35. The number of aromatic nitrogens is 1. The van der Waals surface area contributed by atoms with Crippen LogP contribution in [0.2, 0.25) is 0 Å². The van der Waals surface area contributed by atoms with Crippen LogP contribution in [0.3, 0.4) is 0 Å². The number of nitrogens with zero attached hydrogens (tertiary/aromatic N) is 3. The second-order valence-corrected chi connectivity index (χ2v) is 8.21. The molecule has 0 saturated carbocycles. The maximum atomic E-state index is 12.7. The van der Waals surface area contributed by atoms with Gasteiger partial charge in [-0.1, -0.05) is 36.4 Å². The minimum atomic E-state index is -0.103. The molecular weight excluding hydrogens is 418 g/mol. The van der Waals surface area contributed by atoms with E-state index in [2.05, 4.69) is 9.98 Å². The van der Waals surface area contributed by atoms with E-state index in [-0.39, 0.29) is 5.91 Å². The zero-order chi connectivity index (χ0) is 21.1. The number of amides is 1. The molecule has 1 aliphatic heterocycles. The Kier molecular flexibility index (Phi) is 5.87. The second kappa shape index (κ2) is 8.73. The maximum Gasteiger partial charge on any atom is 0.266 e. The number of methoxy groups -OCH3 is 2. The predicted octanol–water partition coefficient (Wildman–Crippen LogP) is 5.06. The summed E-state index contributed by atoms with van der Waals surface area (Å²) >= 11 is 2.78. The number of thiazole rings is 1. The number of hydrogen-bond acceptors (Lipinski definition) is 7. The van der Waals surface area contributed by atoms with Crippen LogP contribution in [0, 0.1) is 0 Å². The van der Waals surface area contributed by atoms with Crippen molar-refractivity contribution in [2.75, 3.05) is 21.3 Å². The molecule has 2 heterocycles. The van der Waals surface area contributed by atoms with Gasteiger partial charge >= 0.3 is 0 Å². The summed E-state index contributed by atoms with van der Waals surface area (Å²) < 4.78 is 10.6. The first-order chi connectivity index (χ1) is 14.6. The summed E-state index contributed by atoms with van der Waals surface area (Å²) in [6.07, 6.45) is 1.82. The molecule has 0 radical (unpaired) electrons. The highest BCUT2D eigenvalue weighted by Gasteiger charge is 2.30. The minimum Gasteiger partial charge on any atom is -0.493 e. The lowest BCUT2D eigenvalue weighted by atomic mass is 10.2. The fourth-order valence-corrected chi connectivity index (χ4v) is 4.61. The molecule has 0 atom stereocenters. The number of rotatable bonds is 5. The number of ether oxygens (including phenoxy) is 2. The van der Waals surface area contributed by atoms with Gasteiger partial charge in [-0.15, -0.1) is 11.3 Å². The van der Waals surface area contributed by atoms with Crippen LogP contribution in [-0.4, -0.2) is 42.2 Å². The first-order valence-electron chi connectivity index (χ1n) is 9.08. The van der Waals surface area contributed by atoms with Crippen LogP contribution >= 0.6 is 23.1 Å². The quantitative estimate of drug-likeness (QED) is 0.522. The van der Waals surface area contributed by atoms with Gasteiger partial charge in [0.15, 0.2) is 16.7 Å². The molecule has 1 saturated heterocycles. The molecule has 6 nitrogen and oxygen atoms in total. The molecule has 1 fully saturated rings. The zero-order valence-corrected chi connectivity index (χ0v) is 18.3. The molecule has 0 N–H and O–H groups in total. The maximum absolute atomic E-state index is 12.7. The number of likely N-dealkylation sites (N-methyl/N-ethyl adjacent to an activating group) is 1. The Hall–Kier alpha value is -3.10. The zero-order valence-electron chi connectivity index (χ0n) is 16.7. The predicted molar refractivity (Wildman–Crippen MR) is 123 cm³/mol. The summed E-state index contributed by atoms with van der Waals surface area (Å²) in [6, 6.07) is 15.5. The van der Waals surface area contributed by atoms with Crippen molar-refractivity contribution in [1.29, 1.82) is 0 Å². The Morgan fingerprint density at radius 2 is 1.83 bits per heavy atom. The Morgan fingerprint density at radius 3 is 2.57 bits per heavy atom. The van der Waals surface area contributed by atoms with Gasteiger partial charge in [-0.05, 0) is 35.5 Å². The van der Waals surface area contributed by atoms with Crippen LogP contribution in [0.15, 0.2) is 63.8 Å². The Balaban J connectivity index is 1.58. The molecule has 0 spiro atoms. The van der Waals surface area contributed by atoms with Gasteiger partial charge in [0, 0.05) is 18.0 Å². The van der Waals surface area contributed by atoms with Crippen LogP contribution in [0.1, 0.15) is 5.56 Å². The largest absolute Gasteiger partial charge is 0.493 e. The van der Waals surface area contributed by atoms with Crippen LogP contribution in [0.25, 0.3) is 17.3 Å². The summed E-state index contributed by atoms with van der Waals surface area (Å²) in [4.78, 5) is 24.0. The van der Waals surface area contributed by atoms with Crippen molar-refractivity contribution in [2.24, 2.45) is 4.99 Å². The SMILES string of the molecule is COc1ccc(/C=C2\S/C(=N/c3nc(-c4ccccc4)cs3)N(C)C2=O)cc1OC. The van der Waals surface area contributed by atoms with Gasteiger partial charge in [0.1, 0.15) is 0 Å². The number of carbonyl (C=O) groups is 1. The first-order valence-corrected chi connectivity index (χ1v) is 10.8. The highest BCUT2D eigenvalue weighted by atomic mass is 32.2. The number of amidine groups is 1. The van der Waals surface area contributed by atoms with Gasteiger partial charge in [0.25, 0.3) is 5.91 Å². The lowest BCUT2D eigenvalue weighted by Gasteiger charge is -2.08. The summed E-state index contributed by atoms with van der Waals surface area (Å²) in [5, 5.41) is 3.18. The summed E-state index contributed by atoms with van der Waals surface area (Å²) in [7, 11) is 4.89. The van der Waals surface area contributed by atoms with Gasteiger partial charge in [-0.3, -0.25) is 9.69 Å². The van der Waals surface area contributed by atoms with Crippen molar-refractivity contribution in [1.82, 2.24) is 9.88 Å². The number of aliphatic imine (C=N–C) groups is 1. The first kappa shape index (κ1) is 20.2. The van der Waals surface area contributed by atoms with Crippen molar-refractivity contribution in [3.63, 3.8) is 0 Å². The van der Waals surface area contributed by atoms with Crippen molar-refractivity contribution < 1.29 is 14.3 Å². The Bertz CT molecular complexity index is 1140. The van der Waals surface area contributed by atoms with E-state index in [0.717, 1.165) is 16.8 Å². The topological polar surface area (TPSA) is 64.0 Å². The molecule has 4 rings (SSSR count). The van der Waals surface area contributed by atoms with Crippen LogP contribution in [-0.2, 0) is 4.79 Å². The average molecular weight is 438 g/mol. The highest BCUT2D eigenvalue weighted by molar-refractivity contribution is 8.18. The molecule has 3 aromatic rings. The molecule has 8 heteroatoms. The van der Waals surface area contributed by atoms with E-state index in [1.54, 1.807) is 26.2 Å². The minimum absolute atomic E-state index is 0.103. The van der Waals surface area contributed by atoms with Crippen LogP contribution < -0.4 is 9.47 Å². The summed E-state index contributed by atoms with van der Waals surface area (Å²) in [6.45, 7) is 0. The molecule has 152 valence electrons. The third-order valence-corrected chi connectivity index (χ3v) is 6.26. The summed E-state index contributed by atoms with van der Waals surface area (Å²) in [5.74, 6) is 1.15. The fraction of sp³-hybridized carbons (Fsp3) is 0.136. The van der Waals surface area contributed by atoms with Gasteiger partial charge in [0.05, 0.1) is 24.8 Å². The lowest BCUT2D eigenvalue weighted by Crippen LogP contribution is -2.23. The third kappa shape index (κ3) is 4.10. The normalized spacial score (nSPS) is 16.5.